The fraction of sp³-hybridized carbons (Fsp3) is 0.778. The van der Waals surface area contributed by atoms with Crippen LogP contribution in [0.3, 0.4) is 0 Å². The van der Waals surface area contributed by atoms with Crippen LogP contribution in [0.5, 0.6) is 5.75 Å². The summed E-state index contributed by atoms with van der Waals surface area (Å²) in [5.41, 5.74) is -2.19. The van der Waals surface area contributed by atoms with Crippen LogP contribution >= 0.6 is 35.3 Å². The third kappa shape index (κ3) is 25.7. The van der Waals surface area contributed by atoms with Gasteiger partial charge in [-0.3, -0.25) is 28.8 Å². The van der Waals surface area contributed by atoms with Crippen LogP contribution in [0.25, 0.3) is 0 Å². The average Bonchev–Trinajstić information content (AvgIpc) is 3.62. The van der Waals surface area contributed by atoms with Crippen molar-refractivity contribution in [3.8, 4) is 5.75 Å². The Bertz CT molecular complexity index is 2150. The summed E-state index contributed by atoms with van der Waals surface area (Å²) in [7, 11) is 0. The lowest BCUT2D eigenvalue weighted by molar-refractivity contribution is -0.205. The van der Waals surface area contributed by atoms with Crippen LogP contribution < -0.4 is 31.9 Å². The normalized spacial score (nSPS) is 28.4. The van der Waals surface area contributed by atoms with E-state index in [4.69, 9.17) is 14.2 Å². The predicted octanol–water partition coefficient (Wildman–Crippen LogP) is -4.57. The molecule has 3 saturated heterocycles. The summed E-state index contributed by atoms with van der Waals surface area (Å²) >= 11 is 3.00. The molecule has 3 aliphatic rings. The van der Waals surface area contributed by atoms with Gasteiger partial charge >= 0.3 is 0 Å². The zero-order valence-corrected chi connectivity index (χ0v) is 50.0. The van der Waals surface area contributed by atoms with Gasteiger partial charge in [-0.25, -0.2) is 0 Å². The van der Waals surface area contributed by atoms with Crippen LogP contribution in [-0.4, -0.2) is 267 Å². The predicted molar refractivity (Wildman–Crippen MR) is 311 cm³/mol. The monoisotopic (exact) mass is 1270 g/mol. The van der Waals surface area contributed by atoms with Crippen molar-refractivity contribution in [2.24, 2.45) is 0 Å². The van der Waals surface area contributed by atoms with Gasteiger partial charge in [-0.05, 0) is 75.5 Å². The third-order valence-electron chi connectivity index (χ3n) is 14.4. The van der Waals surface area contributed by atoms with Gasteiger partial charge in [0.05, 0.1) is 19.8 Å². The molecule has 85 heavy (non-hydrogen) atoms. The Kier molecular flexibility index (Phi) is 34.7. The SMILES string of the molecule is O=C(CCS[C@H]1O[C@H](CO)[C@@H](O)[C@H](O)[C@@H]1O)NCCCC[C@H](NC(=O)CCS[C@H]1O[C@H](CO)[C@@H](O)[C@H](O)[C@@H]1O)C(=O)N[C@@H](CCCCNC(=O)CCS[C@H]1O[C@H](CO)[C@@H](O)[C@H](O)[C@@H]1O)C(=O)NCCCCCCNC(=O)CCc1ccc(O)cc1. The highest BCUT2D eigenvalue weighted by Gasteiger charge is 2.46. The van der Waals surface area contributed by atoms with Gasteiger partial charge in [0.1, 0.15) is 107 Å². The first-order chi connectivity index (χ1) is 40.7. The molecule has 31 heteroatoms. The van der Waals surface area contributed by atoms with E-state index in [0.717, 1.165) is 47.3 Å². The van der Waals surface area contributed by atoms with E-state index >= 15 is 0 Å². The van der Waals surface area contributed by atoms with Crippen molar-refractivity contribution in [1.82, 2.24) is 31.9 Å². The second-order valence-electron chi connectivity index (χ2n) is 21.0. The number of rotatable bonds is 39. The molecule has 0 radical (unpaired) electrons. The van der Waals surface area contributed by atoms with E-state index in [9.17, 15) is 95.2 Å². The lowest BCUT2D eigenvalue weighted by atomic mass is 10.0. The zero-order chi connectivity index (χ0) is 62.4. The molecule has 3 heterocycles. The summed E-state index contributed by atoms with van der Waals surface area (Å²) in [5, 5.41) is 147. The molecule has 0 saturated carbocycles. The van der Waals surface area contributed by atoms with E-state index < -0.39 is 139 Å². The maximum absolute atomic E-state index is 14.2. The Morgan fingerprint density at radius 3 is 1.16 bits per heavy atom. The molecule has 4 rings (SSSR count). The number of hydrogen-bond donors (Lipinski definition) is 19. The minimum absolute atomic E-state index is 0.00288. The number of phenolic OH excluding ortho intramolecular Hbond substituents is 1. The summed E-state index contributed by atoms with van der Waals surface area (Å²) in [5.74, 6) is -2.12. The van der Waals surface area contributed by atoms with Crippen molar-refractivity contribution in [3.05, 3.63) is 29.8 Å². The van der Waals surface area contributed by atoms with Crippen LogP contribution in [0.1, 0.15) is 95.5 Å². The maximum Gasteiger partial charge on any atom is 0.243 e. The molecule has 1 aromatic rings. The first-order valence-corrected chi connectivity index (χ1v) is 32.1. The number of ether oxygens (including phenoxy) is 3. The quantitative estimate of drug-likeness (QED) is 0.0276. The Balaban J connectivity index is 1.32. The average molecular weight is 1270 g/mol. The number of aryl methyl sites for hydroxylation is 1. The molecule has 6 amide bonds. The number of aliphatic hydroxyl groups excluding tert-OH is 12. The van der Waals surface area contributed by atoms with Gasteiger partial charge in [-0.15, -0.1) is 35.3 Å². The molecule has 17 atom stereocenters. The van der Waals surface area contributed by atoms with Gasteiger partial charge in [0.15, 0.2) is 0 Å². The van der Waals surface area contributed by atoms with Crippen molar-refractivity contribution < 1.29 is 109 Å². The number of unbranched alkanes of at least 4 members (excludes halogenated alkanes) is 5. The molecule has 0 spiro atoms. The fourth-order valence-electron chi connectivity index (χ4n) is 9.25. The van der Waals surface area contributed by atoms with Crippen molar-refractivity contribution >= 4 is 70.7 Å². The molecular weight excluding hydrogens is 1180 g/mol. The van der Waals surface area contributed by atoms with E-state index in [1.54, 1.807) is 24.3 Å². The van der Waals surface area contributed by atoms with Crippen LogP contribution in [0.2, 0.25) is 0 Å². The summed E-state index contributed by atoms with van der Waals surface area (Å²) < 4.78 is 16.5. The zero-order valence-electron chi connectivity index (χ0n) is 47.5. The fourth-order valence-corrected chi connectivity index (χ4v) is 12.6. The van der Waals surface area contributed by atoms with Crippen molar-refractivity contribution in [3.63, 3.8) is 0 Å². The summed E-state index contributed by atoms with van der Waals surface area (Å²) in [4.78, 5) is 79.4. The van der Waals surface area contributed by atoms with Crippen molar-refractivity contribution in [1.29, 1.82) is 0 Å². The number of benzene rings is 1. The van der Waals surface area contributed by atoms with Gasteiger partial charge in [0, 0.05) is 69.1 Å². The van der Waals surface area contributed by atoms with Crippen LogP contribution in [0, 0.1) is 0 Å². The number of hydrogen-bond acceptors (Lipinski definition) is 25. The Morgan fingerprint density at radius 2 is 0.765 bits per heavy atom. The van der Waals surface area contributed by atoms with Gasteiger partial charge in [-0.2, -0.15) is 0 Å². The number of amides is 6. The minimum Gasteiger partial charge on any atom is -0.508 e. The van der Waals surface area contributed by atoms with E-state index in [-0.39, 0.29) is 92.5 Å². The van der Waals surface area contributed by atoms with E-state index in [1.807, 2.05) is 0 Å². The van der Waals surface area contributed by atoms with E-state index in [0.29, 0.717) is 64.3 Å². The van der Waals surface area contributed by atoms with Crippen molar-refractivity contribution in [2.75, 3.05) is 63.3 Å². The molecule has 0 unspecified atom stereocenters. The number of thioether (sulfide) groups is 3. The molecule has 19 N–H and O–H groups in total. The molecule has 3 fully saturated rings. The molecule has 3 aliphatic heterocycles. The molecule has 28 nitrogen and oxygen atoms in total. The second-order valence-corrected chi connectivity index (χ2v) is 24.7. The summed E-state index contributed by atoms with van der Waals surface area (Å²) in [6.45, 7) is -0.747. The maximum atomic E-state index is 14.2. The Morgan fingerprint density at radius 1 is 0.412 bits per heavy atom. The number of carbonyl (C=O) groups excluding carboxylic acids is 6. The molecule has 0 aromatic heterocycles. The number of aromatic hydroxyl groups is 1. The van der Waals surface area contributed by atoms with Gasteiger partial charge in [0.25, 0.3) is 0 Å². The standard InChI is InChI=1S/C54H90N6O22S3/c61-27-34-41(69)44(72)47(75)52(80-34)83-24-17-38(66)56-21-7-3-9-32(50(78)58-23-6-2-1-5-20-55-37(65)16-13-30-11-14-31(64)15-12-30)60-51(79)33(59-40(68)19-26-85-54-49(77)46(74)43(71)36(29-63)82-54)10-4-8-22-57-39(67)18-25-84-53-48(76)45(73)42(70)35(28-62)81-53/h11-12,14-15,32-36,41-49,52-54,61-64,69-77H,1-10,13,16-29H2,(H,55,65)(H,56,66)(H,57,67)(H,58,78)(H,59,68)(H,60,79)/t32-,33-,34+,35+,36+,41+,42+,43+,44-,45-,46-,47-,48-,49-,52+,53+,54+/m0/s1. The van der Waals surface area contributed by atoms with Crippen LogP contribution in [-0.2, 0) is 49.4 Å². The largest absolute Gasteiger partial charge is 0.508 e. The lowest BCUT2D eigenvalue weighted by Gasteiger charge is -2.39. The highest BCUT2D eigenvalue weighted by atomic mass is 32.2. The van der Waals surface area contributed by atoms with Gasteiger partial charge in [-0.1, -0.05) is 25.0 Å². The second kappa shape index (κ2) is 40.0. The third-order valence-corrected chi connectivity index (χ3v) is 17.9. The van der Waals surface area contributed by atoms with Crippen molar-refractivity contribution in [2.45, 2.75) is 198 Å². The summed E-state index contributed by atoms with van der Waals surface area (Å²) in [6.07, 6.45) is -12.3. The number of nitrogens with one attached hydrogen (secondary N) is 6. The van der Waals surface area contributed by atoms with E-state index in [1.165, 1.54) is 0 Å². The van der Waals surface area contributed by atoms with Gasteiger partial charge in [0.2, 0.25) is 35.4 Å². The first kappa shape index (κ1) is 73.8. The minimum atomic E-state index is -1.62. The van der Waals surface area contributed by atoms with E-state index in [2.05, 4.69) is 31.9 Å². The van der Waals surface area contributed by atoms with Gasteiger partial charge < -0.3 is 112 Å². The highest BCUT2D eigenvalue weighted by molar-refractivity contribution is 8.00. The Hall–Kier alpha value is -3.71. The lowest BCUT2D eigenvalue weighted by Crippen LogP contribution is -2.57. The molecular formula is C54H90N6O22S3. The van der Waals surface area contributed by atoms with Crippen LogP contribution in [0.4, 0.5) is 0 Å². The Labute approximate surface area is 506 Å². The summed E-state index contributed by atoms with van der Waals surface area (Å²) in [6, 6.07) is 4.35. The number of carbonyl (C=O) groups is 6. The number of aliphatic hydroxyl groups is 12. The molecule has 0 aliphatic carbocycles. The molecule has 486 valence electrons. The van der Waals surface area contributed by atoms with Crippen LogP contribution in [0.15, 0.2) is 24.3 Å². The molecule has 1 aromatic carbocycles. The molecule has 0 bridgehead atoms. The first-order valence-electron chi connectivity index (χ1n) is 28.9. The smallest absolute Gasteiger partial charge is 0.243 e. The number of phenols is 1. The topological polar surface area (TPSA) is 465 Å². The highest BCUT2D eigenvalue weighted by Crippen LogP contribution is 2.31.